The van der Waals surface area contributed by atoms with E-state index >= 15 is 0 Å². The molecule has 6 atom stereocenters. The molecule has 1 aliphatic heterocycles. The molecule has 0 bridgehead atoms. The second-order valence-corrected chi connectivity index (χ2v) is 16.3. The molecule has 0 aromatic rings. The topological polar surface area (TPSA) is 175 Å². The lowest BCUT2D eigenvalue weighted by Crippen LogP contribution is -2.61. The number of unbranched alkanes of at least 4 members (excludes halogenated alkanes) is 7. The van der Waals surface area contributed by atoms with E-state index in [0.29, 0.717) is 25.7 Å². The van der Waals surface area contributed by atoms with Crippen LogP contribution in [0.4, 0.5) is 0 Å². The zero-order valence-corrected chi connectivity index (χ0v) is 40.8. The van der Waals surface area contributed by atoms with E-state index in [9.17, 15) is 34.5 Å². The summed E-state index contributed by atoms with van der Waals surface area (Å²) in [4.78, 5) is 50.6. The number of carboxylic acids is 1. The van der Waals surface area contributed by atoms with Crippen LogP contribution in [0.25, 0.3) is 0 Å². The lowest BCUT2D eigenvalue weighted by molar-refractivity contribution is -0.301. The summed E-state index contributed by atoms with van der Waals surface area (Å²) in [6.07, 6.45) is 44.1. The molecule has 1 fully saturated rings. The minimum absolute atomic E-state index is 0.0206. The molecule has 12 heteroatoms. The lowest BCUT2D eigenvalue weighted by Gasteiger charge is -2.40. The molecule has 6 unspecified atom stereocenters. The van der Waals surface area contributed by atoms with E-state index in [0.717, 1.165) is 83.5 Å². The Bertz CT molecular complexity index is 1580. The summed E-state index contributed by atoms with van der Waals surface area (Å²) in [5.41, 5.74) is 0. The smallest absolute Gasteiger partial charge is 0.335 e. The average Bonchev–Trinajstić information content (AvgIpc) is 3.31. The molecular weight excluding hydrogens is 853 g/mol. The van der Waals surface area contributed by atoms with Gasteiger partial charge in [-0.05, 0) is 89.9 Å². The van der Waals surface area contributed by atoms with Crippen LogP contribution in [-0.4, -0.2) is 89.2 Å². The maximum atomic E-state index is 13.0. The molecule has 1 aliphatic rings. The van der Waals surface area contributed by atoms with Crippen LogP contribution in [0, 0.1) is 0 Å². The van der Waals surface area contributed by atoms with Crippen LogP contribution in [0.5, 0.6) is 0 Å². The van der Waals surface area contributed by atoms with Crippen LogP contribution >= 0.6 is 0 Å². The summed E-state index contributed by atoms with van der Waals surface area (Å²) in [5, 5.41) is 31.2. The number of carboxylic acid groups (broad SMARTS) is 1. The van der Waals surface area contributed by atoms with Crippen molar-refractivity contribution in [2.24, 2.45) is 0 Å². The molecule has 0 amide bonds. The summed E-state index contributed by atoms with van der Waals surface area (Å²) < 4.78 is 28.0. The highest BCUT2D eigenvalue weighted by molar-refractivity contribution is 5.74. The Morgan fingerprint density at radius 3 is 1.49 bits per heavy atom. The number of aliphatic hydroxyl groups is 2. The molecule has 0 saturated carbocycles. The number of aliphatic carboxylic acids is 1. The summed E-state index contributed by atoms with van der Waals surface area (Å²) in [6.45, 7) is 5.53. The standard InChI is InChI=1S/C55H84O12/c1-4-7-10-13-16-19-22-24-27-29-32-35-38-41-47(56)63-44-46(65-48(57)42-39-36-33-31-28-25-23-20-17-14-11-8-5-2)45-64-55-53(51(60)50(59)52(67-55)54(61)62)66-49(58)43-40-37-34-30-26-21-18-15-12-9-6-3/h7-8,10-11,15-20,24-25,27-28,32-33,35-36,46,50-53,55,59-60H,4-6,9,12-14,21-23,26,29-31,34,37-45H2,1-3H3,(H,61,62)/b10-7-,11-8-,18-15-,19-16-,20-17-,27-24-,28-25-,35-32-,36-33-. The maximum absolute atomic E-state index is 13.0. The van der Waals surface area contributed by atoms with Crippen LogP contribution in [0.15, 0.2) is 109 Å². The van der Waals surface area contributed by atoms with Gasteiger partial charge in [0.1, 0.15) is 18.8 Å². The molecular formula is C55H84O12. The number of aliphatic hydroxyl groups excluding tert-OH is 2. The van der Waals surface area contributed by atoms with E-state index in [1.807, 2.05) is 30.4 Å². The van der Waals surface area contributed by atoms with Crippen molar-refractivity contribution in [3.05, 3.63) is 109 Å². The Balaban J connectivity index is 2.86. The molecule has 67 heavy (non-hydrogen) atoms. The third-order valence-corrected chi connectivity index (χ3v) is 10.3. The molecule has 1 saturated heterocycles. The zero-order chi connectivity index (χ0) is 49.0. The molecule has 1 heterocycles. The predicted molar refractivity (Wildman–Crippen MR) is 266 cm³/mol. The second-order valence-electron chi connectivity index (χ2n) is 16.3. The molecule has 0 spiro atoms. The van der Waals surface area contributed by atoms with Gasteiger partial charge in [0.05, 0.1) is 6.61 Å². The van der Waals surface area contributed by atoms with Crippen LogP contribution in [-0.2, 0) is 42.9 Å². The van der Waals surface area contributed by atoms with Crippen LogP contribution in [0.2, 0.25) is 0 Å². The van der Waals surface area contributed by atoms with Gasteiger partial charge in [0, 0.05) is 19.3 Å². The number of ether oxygens (including phenoxy) is 5. The van der Waals surface area contributed by atoms with Gasteiger partial charge in [-0.2, -0.15) is 0 Å². The van der Waals surface area contributed by atoms with Crippen molar-refractivity contribution in [2.45, 2.75) is 199 Å². The number of rotatable bonds is 39. The van der Waals surface area contributed by atoms with Gasteiger partial charge in [-0.15, -0.1) is 0 Å². The first-order chi connectivity index (χ1) is 32.6. The van der Waals surface area contributed by atoms with E-state index in [-0.39, 0.29) is 25.9 Å². The van der Waals surface area contributed by atoms with Crippen molar-refractivity contribution in [1.29, 1.82) is 0 Å². The normalized spacial score (nSPS) is 19.8. The fourth-order valence-corrected chi connectivity index (χ4v) is 6.55. The molecule has 0 aromatic heterocycles. The first-order valence-corrected chi connectivity index (χ1v) is 24.9. The van der Waals surface area contributed by atoms with Crippen molar-refractivity contribution >= 4 is 23.9 Å². The van der Waals surface area contributed by atoms with Crippen molar-refractivity contribution in [2.75, 3.05) is 13.2 Å². The third-order valence-electron chi connectivity index (χ3n) is 10.3. The second kappa shape index (κ2) is 42.7. The Kier molecular flexibility index (Phi) is 38.5. The SMILES string of the molecule is CC/C=C\C/C=C\C/C=C\C/C=C\CCC(=O)OCC(COC1OC(C(=O)O)C(O)C(O)C1OC(=O)CCCCCCC/C=C\CCCC)OC(=O)CC/C=C\C/C=C\C/C=C\C/C=C\CC. The van der Waals surface area contributed by atoms with Gasteiger partial charge in [0.25, 0.3) is 0 Å². The zero-order valence-electron chi connectivity index (χ0n) is 40.8. The number of carbonyl (C=O) groups is 4. The van der Waals surface area contributed by atoms with E-state index in [1.54, 1.807) is 0 Å². The number of hydrogen-bond donors (Lipinski definition) is 3. The largest absolute Gasteiger partial charge is 0.479 e. The van der Waals surface area contributed by atoms with Gasteiger partial charge in [-0.25, -0.2) is 4.79 Å². The first-order valence-electron chi connectivity index (χ1n) is 24.9. The van der Waals surface area contributed by atoms with Gasteiger partial charge < -0.3 is 39.0 Å². The van der Waals surface area contributed by atoms with Crippen molar-refractivity contribution < 1.29 is 58.2 Å². The van der Waals surface area contributed by atoms with E-state index in [2.05, 4.69) is 99.8 Å². The fraction of sp³-hybridized carbons (Fsp3) is 0.600. The highest BCUT2D eigenvalue weighted by Crippen LogP contribution is 2.26. The molecule has 376 valence electrons. The Morgan fingerprint density at radius 1 is 0.507 bits per heavy atom. The predicted octanol–water partition coefficient (Wildman–Crippen LogP) is 11.5. The molecule has 0 aliphatic carbocycles. The van der Waals surface area contributed by atoms with E-state index in [4.69, 9.17) is 23.7 Å². The highest BCUT2D eigenvalue weighted by atomic mass is 16.7. The summed E-state index contributed by atoms with van der Waals surface area (Å²) >= 11 is 0. The van der Waals surface area contributed by atoms with E-state index < -0.39 is 67.3 Å². The summed E-state index contributed by atoms with van der Waals surface area (Å²) in [5.74, 6) is -3.38. The summed E-state index contributed by atoms with van der Waals surface area (Å²) in [7, 11) is 0. The summed E-state index contributed by atoms with van der Waals surface area (Å²) in [6, 6.07) is 0. The Labute approximate surface area is 402 Å². The molecule has 1 rings (SSSR count). The van der Waals surface area contributed by atoms with Crippen molar-refractivity contribution in [3.8, 4) is 0 Å². The Hall–Kier alpha value is -4.62. The van der Waals surface area contributed by atoms with E-state index in [1.165, 1.54) is 12.8 Å². The van der Waals surface area contributed by atoms with Gasteiger partial charge in [0.15, 0.2) is 24.6 Å². The van der Waals surface area contributed by atoms with Crippen molar-refractivity contribution in [1.82, 2.24) is 0 Å². The quantitative estimate of drug-likeness (QED) is 0.0231. The fourth-order valence-electron chi connectivity index (χ4n) is 6.55. The Morgan fingerprint density at radius 2 is 0.970 bits per heavy atom. The van der Waals surface area contributed by atoms with Crippen LogP contribution < -0.4 is 0 Å². The van der Waals surface area contributed by atoms with Crippen molar-refractivity contribution in [3.63, 3.8) is 0 Å². The van der Waals surface area contributed by atoms with Gasteiger partial charge in [0.2, 0.25) is 0 Å². The minimum Gasteiger partial charge on any atom is -0.479 e. The monoisotopic (exact) mass is 937 g/mol. The number of esters is 3. The van der Waals surface area contributed by atoms with Crippen LogP contribution in [0.3, 0.4) is 0 Å². The van der Waals surface area contributed by atoms with Gasteiger partial charge in [-0.1, -0.05) is 162 Å². The highest BCUT2D eigenvalue weighted by Gasteiger charge is 2.50. The average molecular weight is 937 g/mol. The minimum atomic E-state index is -1.93. The number of allylic oxidation sites excluding steroid dienone is 18. The first kappa shape index (κ1) is 60.4. The third kappa shape index (κ3) is 33.5. The number of hydrogen-bond acceptors (Lipinski definition) is 11. The van der Waals surface area contributed by atoms with Gasteiger partial charge in [-0.3, -0.25) is 14.4 Å². The molecule has 0 radical (unpaired) electrons. The van der Waals surface area contributed by atoms with Crippen LogP contribution in [0.1, 0.15) is 162 Å². The maximum Gasteiger partial charge on any atom is 0.335 e. The molecule has 12 nitrogen and oxygen atoms in total. The number of carbonyl (C=O) groups excluding carboxylic acids is 3. The lowest BCUT2D eigenvalue weighted by atomic mass is 9.98. The molecule has 3 N–H and O–H groups in total. The van der Waals surface area contributed by atoms with Gasteiger partial charge >= 0.3 is 23.9 Å². The molecule has 0 aromatic carbocycles.